The van der Waals surface area contributed by atoms with E-state index in [4.69, 9.17) is 4.74 Å². The van der Waals surface area contributed by atoms with Crippen LogP contribution in [0, 0.1) is 18.3 Å². The third kappa shape index (κ3) is 4.40. The third-order valence-corrected chi connectivity index (χ3v) is 3.81. The smallest absolute Gasteiger partial charge is 0.153 e. The van der Waals surface area contributed by atoms with Gasteiger partial charge in [-0.05, 0) is 63.6 Å². The van der Waals surface area contributed by atoms with Crippen LogP contribution < -0.4 is 10.2 Å². The lowest BCUT2D eigenvalue weighted by Crippen LogP contribution is -2.23. The van der Waals surface area contributed by atoms with Crippen molar-refractivity contribution in [1.82, 2.24) is 4.98 Å². The molecular formula is C19H24N4O2. The van der Waals surface area contributed by atoms with Gasteiger partial charge in [0.15, 0.2) is 5.82 Å². The molecular weight excluding hydrogens is 316 g/mol. The number of aromatic hydroxyl groups is 1. The second-order valence-electron chi connectivity index (χ2n) is 5.64. The first-order valence-corrected chi connectivity index (χ1v) is 8.36. The molecule has 2 N–H and O–H groups in total. The lowest BCUT2D eigenvalue weighted by molar-refractivity contribution is 0.0958. The number of phenolic OH excluding ortho intramolecular Hbond substituents is 1. The molecule has 2 rings (SSSR count). The standard InChI is InChI=1S/C19H24N4O2/c1-5-23(15-7-9-16(24)10-8-15)19-17(12-20)13(3)11-18(22-19)21-14(4)25-6-2/h7-11,14,24H,5-6H2,1-4H3,(H,21,22). The number of aromatic nitrogens is 1. The predicted molar refractivity (Wildman–Crippen MR) is 99.2 cm³/mol. The summed E-state index contributed by atoms with van der Waals surface area (Å²) in [6.45, 7) is 8.97. The van der Waals surface area contributed by atoms with E-state index in [0.717, 1.165) is 11.3 Å². The Hall–Kier alpha value is -2.78. The average Bonchev–Trinajstić information content (AvgIpc) is 2.57. The Bertz CT molecular complexity index is 753. The molecule has 0 aliphatic rings. The minimum Gasteiger partial charge on any atom is -0.508 e. The molecule has 0 saturated heterocycles. The quantitative estimate of drug-likeness (QED) is 0.744. The van der Waals surface area contributed by atoms with Crippen molar-refractivity contribution in [3.05, 3.63) is 41.5 Å². The first-order chi connectivity index (χ1) is 12.0. The molecule has 132 valence electrons. The van der Waals surface area contributed by atoms with Crippen LogP contribution in [0.2, 0.25) is 0 Å². The van der Waals surface area contributed by atoms with Gasteiger partial charge in [0.1, 0.15) is 23.9 Å². The molecule has 1 atom stereocenters. The van der Waals surface area contributed by atoms with Crippen LogP contribution >= 0.6 is 0 Å². The molecule has 0 spiro atoms. The number of nitriles is 1. The summed E-state index contributed by atoms with van der Waals surface area (Å²) < 4.78 is 5.51. The Morgan fingerprint density at radius 2 is 2.00 bits per heavy atom. The Kier molecular flexibility index (Phi) is 6.20. The topological polar surface area (TPSA) is 81.4 Å². The fraction of sp³-hybridized carbons (Fsp3) is 0.368. The second kappa shape index (κ2) is 8.36. The Morgan fingerprint density at radius 3 is 2.56 bits per heavy atom. The third-order valence-electron chi connectivity index (χ3n) is 3.81. The van der Waals surface area contributed by atoms with Crippen molar-refractivity contribution in [2.75, 3.05) is 23.4 Å². The van der Waals surface area contributed by atoms with E-state index >= 15 is 0 Å². The fourth-order valence-electron chi connectivity index (χ4n) is 2.65. The number of pyridine rings is 1. The zero-order valence-electron chi connectivity index (χ0n) is 15.1. The Balaban J connectivity index is 2.47. The zero-order valence-corrected chi connectivity index (χ0v) is 15.1. The summed E-state index contributed by atoms with van der Waals surface area (Å²) in [5.74, 6) is 1.44. The van der Waals surface area contributed by atoms with Gasteiger partial charge in [-0.15, -0.1) is 0 Å². The Morgan fingerprint density at radius 1 is 1.32 bits per heavy atom. The van der Waals surface area contributed by atoms with E-state index in [0.29, 0.717) is 30.4 Å². The highest BCUT2D eigenvalue weighted by Crippen LogP contribution is 2.31. The van der Waals surface area contributed by atoms with Crippen molar-refractivity contribution in [2.45, 2.75) is 33.9 Å². The number of nitrogens with zero attached hydrogens (tertiary/aromatic N) is 3. The summed E-state index contributed by atoms with van der Waals surface area (Å²) >= 11 is 0. The summed E-state index contributed by atoms with van der Waals surface area (Å²) in [5, 5.41) is 22.3. The van der Waals surface area contributed by atoms with Crippen molar-refractivity contribution in [2.24, 2.45) is 0 Å². The number of anilines is 3. The first kappa shape index (κ1) is 18.6. The molecule has 1 heterocycles. The van der Waals surface area contributed by atoms with Crippen LogP contribution in [0.1, 0.15) is 31.9 Å². The molecule has 0 aliphatic heterocycles. The molecule has 6 heteroatoms. The number of benzene rings is 1. The number of hydrogen-bond acceptors (Lipinski definition) is 6. The van der Waals surface area contributed by atoms with E-state index in [9.17, 15) is 10.4 Å². The molecule has 0 aliphatic carbocycles. The van der Waals surface area contributed by atoms with Gasteiger partial charge in [0.2, 0.25) is 0 Å². The molecule has 0 radical (unpaired) electrons. The van der Waals surface area contributed by atoms with E-state index in [1.165, 1.54) is 0 Å². The molecule has 0 fully saturated rings. The summed E-state index contributed by atoms with van der Waals surface area (Å²) in [5.41, 5.74) is 2.24. The molecule has 6 nitrogen and oxygen atoms in total. The van der Waals surface area contributed by atoms with Crippen LogP contribution in [0.5, 0.6) is 5.75 Å². The van der Waals surface area contributed by atoms with Gasteiger partial charge in [-0.25, -0.2) is 4.98 Å². The lowest BCUT2D eigenvalue weighted by atomic mass is 10.1. The van der Waals surface area contributed by atoms with E-state index in [2.05, 4.69) is 16.4 Å². The molecule has 0 bridgehead atoms. The number of aryl methyl sites for hydroxylation is 1. The SMILES string of the molecule is CCOC(C)Nc1cc(C)c(C#N)c(N(CC)c2ccc(O)cc2)n1. The van der Waals surface area contributed by atoms with Crippen LogP contribution in [0.3, 0.4) is 0 Å². The Labute approximate surface area is 148 Å². The maximum absolute atomic E-state index is 9.59. The molecule has 25 heavy (non-hydrogen) atoms. The second-order valence-corrected chi connectivity index (χ2v) is 5.64. The highest BCUT2D eigenvalue weighted by molar-refractivity contribution is 5.70. The summed E-state index contributed by atoms with van der Waals surface area (Å²) in [6, 6.07) is 11.0. The van der Waals surface area contributed by atoms with Crippen LogP contribution in [-0.4, -0.2) is 29.5 Å². The van der Waals surface area contributed by atoms with Gasteiger partial charge < -0.3 is 20.1 Å². The molecule has 2 aromatic rings. The van der Waals surface area contributed by atoms with Crippen LogP contribution in [0.4, 0.5) is 17.3 Å². The number of phenols is 1. The van der Waals surface area contributed by atoms with E-state index < -0.39 is 0 Å². The van der Waals surface area contributed by atoms with Gasteiger partial charge in [-0.3, -0.25) is 0 Å². The van der Waals surface area contributed by atoms with Crippen LogP contribution in [0.15, 0.2) is 30.3 Å². The molecule has 1 unspecified atom stereocenters. The van der Waals surface area contributed by atoms with Crippen LogP contribution in [0.25, 0.3) is 0 Å². The highest BCUT2D eigenvalue weighted by atomic mass is 16.5. The van der Waals surface area contributed by atoms with E-state index in [-0.39, 0.29) is 12.0 Å². The monoisotopic (exact) mass is 340 g/mol. The lowest BCUT2D eigenvalue weighted by Gasteiger charge is -2.25. The number of ether oxygens (including phenoxy) is 1. The zero-order chi connectivity index (χ0) is 18.4. The van der Waals surface area contributed by atoms with Gasteiger partial charge in [-0.2, -0.15) is 5.26 Å². The van der Waals surface area contributed by atoms with Gasteiger partial charge in [0.25, 0.3) is 0 Å². The minimum absolute atomic E-state index is 0.179. The van der Waals surface area contributed by atoms with Crippen molar-refractivity contribution in [3.63, 3.8) is 0 Å². The van der Waals surface area contributed by atoms with Crippen molar-refractivity contribution in [1.29, 1.82) is 5.26 Å². The number of rotatable bonds is 7. The van der Waals surface area contributed by atoms with Crippen molar-refractivity contribution >= 4 is 17.3 Å². The van der Waals surface area contributed by atoms with Gasteiger partial charge in [0.05, 0.1) is 5.56 Å². The van der Waals surface area contributed by atoms with Crippen LogP contribution in [-0.2, 0) is 4.74 Å². The van der Waals surface area contributed by atoms with Gasteiger partial charge in [0, 0.05) is 18.8 Å². The molecule has 1 aromatic heterocycles. The normalized spacial score (nSPS) is 11.6. The highest BCUT2D eigenvalue weighted by Gasteiger charge is 2.18. The largest absolute Gasteiger partial charge is 0.508 e. The predicted octanol–water partition coefficient (Wildman–Crippen LogP) is 3.92. The minimum atomic E-state index is -0.179. The van der Waals surface area contributed by atoms with Crippen molar-refractivity contribution in [3.8, 4) is 11.8 Å². The van der Waals surface area contributed by atoms with Crippen molar-refractivity contribution < 1.29 is 9.84 Å². The molecule has 0 amide bonds. The maximum Gasteiger partial charge on any atom is 0.153 e. The molecule has 0 saturated carbocycles. The van der Waals surface area contributed by atoms with E-state index in [1.54, 1.807) is 24.3 Å². The maximum atomic E-state index is 9.59. The number of hydrogen-bond donors (Lipinski definition) is 2. The fourth-order valence-corrected chi connectivity index (χ4v) is 2.65. The first-order valence-electron chi connectivity index (χ1n) is 8.36. The summed E-state index contributed by atoms with van der Waals surface area (Å²) in [4.78, 5) is 6.59. The average molecular weight is 340 g/mol. The van der Waals surface area contributed by atoms with E-state index in [1.807, 2.05) is 38.7 Å². The van der Waals surface area contributed by atoms with Gasteiger partial charge >= 0.3 is 0 Å². The number of nitrogens with one attached hydrogen (secondary N) is 1. The van der Waals surface area contributed by atoms with Gasteiger partial charge in [-0.1, -0.05) is 0 Å². The summed E-state index contributed by atoms with van der Waals surface area (Å²) in [6.07, 6.45) is -0.179. The molecule has 1 aromatic carbocycles. The summed E-state index contributed by atoms with van der Waals surface area (Å²) in [7, 11) is 0.